The van der Waals surface area contributed by atoms with Crippen LogP contribution in [0.2, 0.25) is 0 Å². The second-order valence-electron chi connectivity index (χ2n) is 3.62. The molecule has 0 fully saturated rings. The first-order chi connectivity index (χ1) is 8.00. The Bertz CT molecular complexity index is 508. The smallest absolute Gasteiger partial charge is 0.295 e. The highest BCUT2D eigenvalue weighted by Crippen LogP contribution is 2.18. The molecule has 0 saturated heterocycles. The largest absolute Gasteiger partial charge is 0.411 e. The minimum atomic E-state index is -4.31. The van der Waals surface area contributed by atoms with E-state index in [-0.39, 0.29) is 16.2 Å². The maximum absolute atomic E-state index is 11.2. The fourth-order valence-corrected chi connectivity index (χ4v) is 2.23. The van der Waals surface area contributed by atoms with Crippen LogP contribution in [-0.4, -0.2) is 23.9 Å². The molecular formula is C11H15NO4S. The molecule has 2 N–H and O–H groups in total. The molecule has 0 radical (unpaired) electrons. The molecule has 5 nitrogen and oxygen atoms in total. The lowest BCUT2D eigenvalue weighted by atomic mass is 10.1. The first-order valence-electron chi connectivity index (χ1n) is 5.28. The fraction of sp³-hybridized carbons (Fsp3) is 0.364. The molecule has 1 rings (SSSR count). The van der Waals surface area contributed by atoms with E-state index in [9.17, 15) is 8.42 Å². The Morgan fingerprint density at radius 1 is 1.35 bits per heavy atom. The van der Waals surface area contributed by atoms with Crippen LogP contribution in [-0.2, 0) is 10.1 Å². The number of oxime groups is 1. The van der Waals surface area contributed by atoms with Gasteiger partial charge < -0.3 is 5.21 Å². The topological polar surface area (TPSA) is 87.0 Å². The van der Waals surface area contributed by atoms with Crippen molar-refractivity contribution in [2.75, 3.05) is 0 Å². The van der Waals surface area contributed by atoms with Crippen LogP contribution in [0.25, 0.3) is 0 Å². The van der Waals surface area contributed by atoms with Gasteiger partial charge in [-0.1, -0.05) is 36.7 Å². The average Bonchev–Trinajstić information content (AvgIpc) is 2.29. The second kappa shape index (κ2) is 5.79. The van der Waals surface area contributed by atoms with Crippen LogP contribution >= 0.6 is 0 Å². The van der Waals surface area contributed by atoms with E-state index in [0.29, 0.717) is 6.42 Å². The van der Waals surface area contributed by atoms with Crippen molar-refractivity contribution in [2.45, 2.75) is 31.1 Å². The number of benzene rings is 1. The molecule has 1 aromatic rings. The van der Waals surface area contributed by atoms with Gasteiger partial charge in [0.05, 0.1) is 5.71 Å². The van der Waals surface area contributed by atoms with Gasteiger partial charge in [-0.3, -0.25) is 4.55 Å². The molecule has 0 bridgehead atoms. The lowest BCUT2D eigenvalue weighted by Crippen LogP contribution is -2.09. The van der Waals surface area contributed by atoms with Crippen molar-refractivity contribution in [3.63, 3.8) is 0 Å². The number of hydrogen-bond donors (Lipinski definition) is 2. The van der Waals surface area contributed by atoms with Gasteiger partial charge in [-0.15, -0.1) is 0 Å². The molecule has 0 atom stereocenters. The number of hydrogen-bond acceptors (Lipinski definition) is 4. The lowest BCUT2D eigenvalue weighted by Gasteiger charge is -2.08. The molecule has 1 aromatic carbocycles. The van der Waals surface area contributed by atoms with Crippen molar-refractivity contribution in [3.8, 4) is 0 Å². The molecule has 94 valence electrons. The summed E-state index contributed by atoms with van der Waals surface area (Å²) in [5.74, 6) is 0. The zero-order valence-electron chi connectivity index (χ0n) is 9.50. The summed E-state index contributed by atoms with van der Waals surface area (Å²) < 4.78 is 31.4. The average molecular weight is 257 g/mol. The third-order valence-corrected chi connectivity index (χ3v) is 3.28. The summed E-state index contributed by atoms with van der Waals surface area (Å²) in [7, 11) is -4.31. The molecule has 0 aromatic heterocycles. The summed E-state index contributed by atoms with van der Waals surface area (Å²) in [6.07, 6.45) is 2.13. The van der Waals surface area contributed by atoms with Crippen molar-refractivity contribution in [3.05, 3.63) is 29.8 Å². The lowest BCUT2D eigenvalue weighted by molar-refractivity contribution is 0.317. The molecule has 0 aliphatic rings. The number of unbranched alkanes of at least 4 members (excludes halogenated alkanes) is 1. The van der Waals surface area contributed by atoms with Crippen LogP contribution in [0.4, 0.5) is 0 Å². The standard InChI is InChI=1S/C11H15NO4S/c1-2-3-7-10(12-13)9-6-4-5-8-11(9)17(14,15)16/h4-6,8,13H,2-3,7H2,1H3,(H,14,15,16). The Hall–Kier alpha value is -1.40. The Balaban J connectivity index is 3.21. The summed E-state index contributed by atoms with van der Waals surface area (Å²) in [5, 5.41) is 12.0. The van der Waals surface area contributed by atoms with Gasteiger partial charge in [0.2, 0.25) is 0 Å². The maximum atomic E-state index is 11.2. The van der Waals surface area contributed by atoms with Crippen molar-refractivity contribution in [1.82, 2.24) is 0 Å². The predicted octanol–water partition coefficient (Wildman–Crippen LogP) is 2.30. The maximum Gasteiger partial charge on any atom is 0.295 e. The van der Waals surface area contributed by atoms with Gasteiger partial charge in [-0.2, -0.15) is 8.42 Å². The van der Waals surface area contributed by atoms with E-state index in [1.165, 1.54) is 18.2 Å². The molecule has 0 unspecified atom stereocenters. The first-order valence-corrected chi connectivity index (χ1v) is 6.72. The number of nitrogens with zero attached hydrogens (tertiary/aromatic N) is 1. The molecule has 0 spiro atoms. The van der Waals surface area contributed by atoms with Gasteiger partial charge in [-0.05, 0) is 18.9 Å². The Labute approximate surface area is 101 Å². The molecule has 0 aliphatic heterocycles. The Morgan fingerprint density at radius 2 is 2.00 bits per heavy atom. The van der Waals surface area contributed by atoms with E-state index in [2.05, 4.69) is 5.16 Å². The predicted molar refractivity (Wildman–Crippen MR) is 64.1 cm³/mol. The minimum Gasteiger partial charge on any atom is -0.411 e. The first kappa shape index (κ1) is 13.7. The Kier molecular flexibility index (Phi) is 4.65. The highest BCUT2D eigenvalue weighted by Gasteiger charge is 2.18. The van der Waals surface area contributed by atoms with Gasteiger partial charge >= 0.3 is 0 Å². The van der Waals surface area contributed by atoms with Crippen LogP contribution in [0, 0.1) is 0 Å². The van der Waals surface area contributed by atoms with Crippen molar-refractivity contribution < 1.29 is 18.2 Å². The summed E-state index contributed by atoms with van der Waals surface area (Å²) in [4.78, 5) is -0.232. The molecule has 0 aliphatic carbocycles. The normalized spacial score (nSPS) is 12.7. The van der Waals surface area contributed by atoms with Crippen molar-refractivity contribution in [2.24, 2.45) is 5.16 Å². The Morgan fingerprint density at radius 3 is 2.53 bits per heavy atom. The van der Waals surface area contributed by atoms with Crippen LogP contribution < -0.4 is 0 Å². The molecule has 0 saturated carbocycles. The quantitative estimate of drug-likeness (QED) is 0.367. The van der Waals surface area contributed by atoms with Gasteiger partial charge in [0.15, 0.2) is 0 Å². The summed E-state index contributed by atoms with van der Waals surface area (Å²) >= 11 is 0. The van der Waals surface area contributed by atoms with E-state index in [1.807, 2.05) is 6.92 Å². The van der Waals surface area contributed by atoms with Gasteiger partial charge in [0.1, 0.15) is 4.90 Å². The molecule has 6 heteroatoms. The highest BCUT2D eigenvalue weighted by molar-refractivity contribution is 7.86. The third kappa shape index (κ3) is 3.54. The molecule has 17 heavy (non-hydrogen) atoms. The highest BCUT2D eigenvalue weighted by atomic mass is 32.2. The second-order valence-corrected chi connectivity index (χ2v) is 5.01. The minimum absolute atomic E-state index is 0.232. The van der Waals surface area contributed by atoms with Crippen LogP contribution in [0.3, 0.4) is 0 Å². The molecular weight excluding hydrogens is 242 g/mol. The van der Waals surface area contributed by atoms with Crippen LogP contribution in [0.15, 0.2) is 34.3 Å². The van der Waals surface area contributed by atoms with E-state index in [1.54, 1.807) is 6.07 Å². The fourth-order valence-electron chi connectivity index (χ4n) is 1.51. The van der Waals surface area contributed by atoms with E-state index in [4.69, 9.17) is 9.76 Å². The molecule has 0 amide bonds. The van der Waals surface area contributed by atoms with Crippen molar-refractivity contribution >= 4 is 15.8 Å². The van der Waals surface area contributed by atoms with E-state index in [0.717, 1.165) is 12.8 Å². The number of rotatable bonds is 5. The SMILES string of the molecule is CCCCC(=NO)c1ccccc1S(=O)(=O)O. The molecule has 0 heterocycles. The van der Waals surface area contributed by atoms with Gasteiger partial charge in [0, 0.05) is 5.56 Å². The zero-order chi connectivity index (χ0) is 12.9. The summed E-state index contributed by atoms with van der Waals surface area (Å²) in [6, 6.07) is 5.91. The summed E-state index contributed by atoms with van der Waals surface area (Å²) in [6.45, 7) is 1.98. The third-order valence-electron chi connectivity index (χ3n) is 2.36. The van der Waals surface area contributed by atoms with E-state index >= 15 is 0 Å². The van der Waals surface area contributed by atoms with E-state index < -0.39 is 10.1 Å². The van der Waals surface area contributed by atoms with Crippen LogP contribution in [0.1, 0.15) is 31.7 Å². The van der Waals surface area contributed by atoms with Gasteiger partial charge in [0.25, 0.3) is 10.1 Å². The van der Waals surface area contributed by atoms with Crippen molar-refractivity contribution in [1.29, 1.82) is 0 Å². The van der Waals surface area contributed by atoms with Gasteiger partial charge in [-0.25, -0.2) is 0 Å². The summed E-state index contributed by atoms with van der Waals surface area (Å²) in [5.41, 5.74) is 0.506. The zero-order valence-corrected chi connectivity index (χ0v) is 10.3. The van der Waals surface area contributed by atoms with Crippen LogP contribution in [0.5, 0.6) is 0 Å². The monoisotopic (exact) mass is 257 g/mol.